The average molecular weight is 592 g/mol. The van der Waals surface area contributed by atoms with Gasteiger partial charge in [-0.15, -0.1) is 0 Å². The van der Waals surface area contributed by atoms with Crippen molar-refractivity contribution in [1.29, 1.82) is 0 Å². The summed E-state index contributed by atoms with van der Waals surface area (Å²) in [7, 11) is -4.07. The van der Waals surface area contributed by atoms with Crippen molar-refractivity contribution in [3.8, 4) is 0 Å². The summed E-state index contributed by atoms with van der Waals surface area (Å²) in [5, 5.41) is 31.7. The van der Waals surface area contributed by atoms with Gasteiger partial charge in [-0.05, 0) is 62.6 Å². The van der Waals surface area contributed by atoms with E-state index in [0.29, 0.717) is 25.0 Å². The maximum absolute atomic E-state index is 13.6. The van der Waals surface area contributed by atoms with Crippen molar-refractivity contribution < 1.29 is 46.4 Å². The van der Waals surface area contributed by atoms with Crippen LogP contribution in [0.2, 0.25) is 5.02 Å². The molecule has 2 aliphatic rings. The lowest BCUT2D eigenvalue weighted by atomic mass is 9.75. The van der Waals surface area contributed by atoms with Crippen LogP contribution < -0.4 is 5.32 Å². The van der Waals surface area contributed by atoms with Crippen molar-refractivity contribution in [2.45, 2.75) is 60.6 Å². The number of fused-ring (bicyclic) bond motifs is 2. The van der Waals surface area contributed by atoms with Crippen LogP contribution >= 0.6 is 11.6 Å². The van der Waals surface area contributed by atoms with E-state index < -0.39 is 68.1 Å². The fraction of sp³-hybridized carbons (Fsp3) is 0.500. The quantitative estimate of drug-likeness (QED) is 0.328. The third kappa shape index (κ3) is 5.96. The van der Waals surface area contributed by atoms with Crippen LogP contribution in [0.25, 0.3) is 0 Å². The number of ether oxygens (including phenoxy) is 1. The molecule has 1 amide bonds. The number of halogens is 4. The molecular weight excluding hydrogens is 563 g/mol. The van der Waals surface area contributed by atoms with Crippen molar-refractivity contribution >= 4 is 33.0 Å². The second-order valence-electron chi connectivity index (χ2n) is 10.3. The molecule has 0 aromatic heterocycles. The predicted molar refractivity (Wildman–Crippen MR) is 136 cm³/mol. The minimum absolute atomic E-state index is 0.111. The second-order valence-corrected chi connectivity index (χ2v) is 12.9. The first-order valence-electron chi connectivity index (χ1n) is 12.4. The zero-order valence-corrected chi connectivity index (χ0v) is 22.5. The fourth-order valence-corrected chi connectivity index (χ4v) is 7.86. The van der Waals surface area contributed by atoms with Crippen molar-refractivity contribution in [2.24, 2.45) is 11.8 Å². The maximum atomic E-state index is 13.6. The Balaban J connectivity index is 1.50. The molecule has 8 nitrogen and oxygen atoms in total. The van der Waals surface area contributed by atoms with E-state index in [9.17, 15) is 41.7 Å². The van der Waals surface area contributed by atoms with Gasteiger partial charge in [0.25, 0.3) is 5.91 Å². The lowest BCUT2D eigenvalue weighted by molar-refractivity contribution is -0.129. The van der Waals surface area contributed by atoms with E-state index in [2.05, 4.69) is 5.32 Å². The fourth-order valence-electron chi connectivity index (χ4n) is 5.45. The molecule has 4 N–H and O–H groups in total. The van der Waals surface area contributed by atoms with Gasteiger partial charge in [0.15, 0.2) is 27.3 Å². The molecule has 0 saturated heterocycles. The minimum Gasteiger partial charge on any atom is -0.391 e. The van der Waals surface area contributed by atoms with Crippen molar-refractivity contribution in [2.75, 3.05) is 18.5 Å². The van der Waals surface area contributed by atoms with E-state index in [1.54, 1.807) is 0 Å². The lowest BCUT2D eigenvalue weighted by Gasteiger charge is -2.42. The Kier molecular flexibility index (Phi) is 8.65. The van der Waals surface area contributed by atoms with Crippen LogP contribution in [0.3, 0.4) is 0 Å². The molecule has 2 fully saturated rings. The molecule has 39 heavy (non-hydrogen) atoms. The standard InChI is InChI=1S/C26H29ClF3NO7S/c1-13(32)22(33)11-38-12-26(35)15-3-4-16(26)8-18(7-15)39(36,37)23-6-14(2-5-19(23)27)25(34)31-17-9-20(28)24(30)21(29)10-17/h2,5-6,9-10,13,15-16,18,22,32-33,35H,3-4,7-8,11-12H2,1H3,(H,31,34)/t13-,15+,16?,18?,22-,26?/m1/s1. The molecule has 0 radical (unpaired) electrons. The summed E-state index contributed by atoms with van der Waals surface area (Å²) in [5.41, 5.74) is -1.79. The first-order chi connectivity index (χ1) is 18.2. The van der Waals surface area contributed by atoms with Crippen LogP contribution in [0.5, 0.6) is 0 Å². The van der Waals surface area contributed by atoms with Gasteiger partial charge in [-0.25, -0.2) is 21.6 Å². The summed E-state index contributed by atoms with van der Waals surface area (Å²) >= 11 is 6.23. The zero-order valence-electron chi connectivity index (χ0n) is 20.9. The highest BCUT2D eigenvalue weighted by molar-refractivity contribution is 7.92. The topological polar surface area (TPSA) is 133 Å². The Morgan fingerprint density at radius 3 is 2.28 bits per heavy atom. The average Bonchev–Trinajstić information content (AvgIpc) is 3.03. The van der Waals surface area contributed by atoms with E-state index in [1.807, 2.05) is 0 Å². The molecule has 13 heteroatoms. The number of nitrogens with one attached hydrogen (secondary N) is 1. The molecule has 2 aliphatic carbocycles. The number of sulfone groups is 1. The van der Waals surface area contributed by atoms with Crippen LogP contribution in [0.15, 0.2) is 35.2 Å². The van der Waals surface area contributed by atoms with Gasteiger partial charge in [-0.2, -0.15) is 0 Å². The number of hydrogen-bond acceptors (Lipinski definition) is 7. The Morgan fingerprint density at radius 1 is 1.13 bits per heavy atom. The van der Waals surface area contributed by atoms with E-state index in [-0.39, 0.29) is 47.2 Å². The monoisotopic (exact) mass is 591 g/mol. The minimum atomic E-state index is -4.07. The van der Waals surface area contributed by atoms with Gasteiger partial charge in [0.05, 0.1) is 40.1 Å². The molecule has 2 aromatic carbocycles. The van der Waals surface area contributed by atoms with Gasteiger partial charge in [-0.3, -0.25) is 4.79 Å². The smallest absolute Gasteiger partial charge is 0.255 e. The predicted octanol–water partition coefficient (Wildman–Crippen LogP) is 3.46. The number of amides is 1. The van der Waals surface area contributed by atoms with Crippen molar-refractivity contribution in [3.05, 3.63) is 58.4 Å². The van der Waals surface area contributed by atoms with E-state index in [1.165, 1.54) is 19.1 Å². The molecular formula is C26H29ClF3NO7S. The van der Waals surface area contributed by atoms with E-state index in [0.717, 1.165) is 6.07 Å². The molecule has 2 bridgehead atoms. The summed E-state index contributed by atoms with van der Waals surface area (Å²) in [4.78, 5) is 12.4. The number of carbonyl (C=O) groups is 1. The number of rotatable bonds is 9. The zero-order chi connectivity index (χ0) is 28.7. The third-order valence-electron chi connectivity index (χ3n) is 7.73. The summed E-state index contributed by atoms with van der Waals surface area (Å²) in [6.07, 6.45) is -0.710. The Bertz CT molecular complexity index is 1320. The van der Waals surface area contributed by atoms with Gasteiger partial charge in [-0.1, -0.05) is 11.6 Å². The number of aliphatic hydroxyl groups excluding tert-OH is 2. The summed E-state index contributed by atoms with van der Waals surface area (Å²) in [6.45, 7) is 1.12. The molecule has 214 valence electrons. The summed E-state index contributed by atoms with van der Waals surface area (Å²) in [5.74, 6) is -6.36. The Morgan fingerprint density at radius 2 is 1.72 bits per heavy atom. The highest BCUT2D eigenvalue weighted by atomic mass is 35.5. The number of carbonyl (C=O) groups excluding carboxylic acids is 1. The largest absolute Gasteiger partial charge is 0.391 e. The second kappa shape index (κ2) is 11.3. The lowest BCUT2D eigenvalue weighted by Crippen LogP contribution is -2.51. The maximum Gasteiger partial charge on any atom is 0.255 e. The van der Waals surface area contributed by atoms with Gasteiger partial charge in [0.2, 0.25) is 0 Å². The molecule has 0 heterocycles. The molecule has 3 unspecified atom stereocenters. The number of benzene rings is 2. The van der Waals surface area contributed by atoms with Crippen LogP contribution in [-0.2, 0) is 14.6 Å². The van der Waals surface area contributed by atoms with Crippen LogP contribution in [0.1, 0.15) is 43.0 Å². The van der Waals surface area contributed by atoms with Crippen molar-refractivity contribution in [1.82, 2.24) is 0 Å². The molecule has 0 spiro atoms. The Hall–Kier alpha value is -2.22. The SMILES string of the molecule is C[C@@H](O)[C@H](O)COCC1(O)C2CC[C@H]1CC(S(=O)(=O)c1cc(C(=O)Nc3cc(F)c(F)c(F)c3)ccc1Cl)C2. The van der Waals surface area contributed by atoms with E-state index in [4.69, 9.17) is 16.3 Å². The van der Waals surface area contributed by atoms with Gasteiger partial charge in [0, 0.05) is 23.4 Å². The van der Waals surface area contributed by atoms with Crippen molar-refractivity contribution in [3.63, 3.8) is 0 Å². The van der Waals surface area contributed by atoms with Crippen LogP contribution in [0, 0.1) is 29.3 Å². The molecule has 4 rings (SSSR count). The summed E-state index contributed by atoms with van der Waals surface area (Å²) < 4.78 is 73.0. The summed E-state index contributed by atoms with van der Waals surface area (Å²) in [6, 6.07) is 4.74. The first kappa shape index (κ1) is 29.8. The molecule has 6 atom stereocenters. The van der Waals surface area contributed by atoms with E-state index >= 15 is 0 Å². The van der Waals surface area contributed by atoms with Crippen LogP contribution in [0.4, 0.5) is 18.9 Å². The number of hydrogen-bond donors (Lipinski definition) is 4. The highest BCUT2D eigenvalue weighted by Gasteiger charge is 2.56. The number of anilines is 1. The van der Waals surface area contributed by atoms with Gasteiger partial charge < -0.3 is 25.4 Å². The first-order valence-corrected chi connectivity index (χ1v) is 14.3. The van der Waals surface area contributed by atoms with Gasteiger partial charge >= 0.3 is 0 Å². The molecule has 0 aliphatic heterocycles. The molecule has 2 saturated carbocycles. The highest BCUT2D eigenvalue weighted by Crippen LogP contribution is 2.52. The third-order valence-corrected chi connectivity index (χ3v) is 10.4. The number of aliphatic hydroxyl groups is 3. The van der Waals surface area contributed by atoms with Gasteiger partial charge in [0.1, 0.15) is 6.10 Å². The Labute approximate surface area is 228 Å². The van der Waals surface area contributed by atoms with Crippen LogP contribution in [-0.4, -0.2) is 65.9 Å². The molecule has 2 aromatic rings. The normalized spacial score (nSPS) is 26.3.